The Morgan fingerprint density at radius 1 is 1.18 bits per heavy atom. The van der Waals surface area contributed by atoms with E-state index in [1.807, 2.05) is 30.3 Å². The molecule has 0 radical (unpaired) electrons. The fraction of sp³-hybridized carbons (Fsp3) is 0.533. The SMILES string of the molecule is COCC(CCC(C)C)C(=O)c1ccccc1. The number of Topliss-reactive ketones (excluding diaryl/α,β-unsaturated/α-hetero) is 1. The molecule has 0 saturated heterocycles. The fourth-order valence-electron chi connectivity index (χ4n) is 1.86. The Morgan fingerprint density at radius 2 is 1.82 bits per heavy atom. The Morgan fingerprint density at radius 3 is 2.35 bits per heavy atom. The first-order valence-electron chi connectivity index (χ1n) is 6.23. The zero-order valence-corrected chi connectivity index (χ0v) is 11.0. The lowest BCUT2D eigenvalue weighted by molar-refractivity contribution is 0.0787. The molecule has 0 saturated carbocycles. The van der Waals surface area contributed by atoms with E-state index < -0.39 is 0 Å². The summed E-state index contributed by atoms with van der Waals surface area (Å²) in [6.07, 6.45) is 1.96. The van der Waals surface area contributed by atoms with E-state index in [1.165, 1.54) is 0 Å². The predicted octanol–water partition coefficient (Wildman–Crippen LogP) is 3.57. The molecule has 1 rings (SSSR count). The van der Waals surface area contributed by atoms with Crippen molar-refractivity contribution in [1.82, 2.24) is 0 Å². The Balaban J connectivity index is 2.66. The molecule has 0 aliphatic carbocycles. The van der Waals surface area contributed by atoms with Crippen molar-refractivity contribution < 1.29 is 9.53 Å². The van der Waals surface area contributed by atoms with Crippen molar-refractivity contribution in [1.29, 1.82) is 0 Å². The number of methoxy groups -OCH3 is 1. The normalized spacial score (nSPS) is 12.7. The summed E-state index contributed by atoms with van der Waals surface area (Å²) in [6.45, 7) is 4.87. The van der Waals surface area contributed by atoms with Crippen molar-refractivity contribution >= 4 is 5.78 Å². The number of hydrogen-bond acceptors (Lipinski definition) is 2. The van der Waals surface area contributed by atoms with Crippen LogP contribution in [0.15, 0.2) is 30.3 Å². The first-order valence-corrected chi connectivity index (χ1v) is 6.23. The number of carbonyl (C=O) groups excluding carboxylic acids is 1. The van der Waals surface area contributed by atoms with Crippen molar-refractivity contribution in [3.05, 3.63) is 35.9 Å². The quantitative estimate of drug-likeness (QED) is 0.674. The van der Waals surface area contributed by atoms with E-state index in [2.05, 4.69) is 13.8 Å². The third kappa shape index (κ3) is 4.70. The molecular weight excluding hydrogens is 212 g/mol. The van der Waals surface area contributed by atoms with Gasteiger partial charge in [0, 0.05) is 18.6 Å². The molecule has 0 bridgehead atoms. The molecule has 0 aliphatic heterocycles. The largest absolute Gasteiger partial charge is 0.384 e. The van der Waals surface area contributed by atoms with Gasteiger partial charge in [0.25, 0.3) is 0 Å². The van der Waals surface area contributed by atoms with Gasteiger partial charge in [-0.2, -0.15) is 0 Å². The second-order valence-corrected chi connectivity index (χ2v) is 4.85. The van der Waals surface area contributed by atoms with Gasteiger partial charge in [-0.1, -0.05) is 50.6 Å². The second kappa shape index (κ2) is 7.23. The smallest absolute Gasteiger partial charge is 0.168 e. The highest BCUT2D eigenvalue weighted by Gasteiger charge is 2.19. The van der Waals surface area contributed by atoms with Gasteiger partial charge in [-0.3, -0.25) is 4.79 Å². The van der Waals surface area contributed by atoms with Crippen LogP contribution in [0.4, 0.5) is 0 Å². The zero-order chi connectivity index (χ0) is 12.7. The van der Waals surface area contributed by atoms with Crippen LogP contribution in [-0.4, -0.2) is 19.5 Å². The first-order chi connectivity index (χ1) is 8.15. The molecule has 1 aromatic carbocycles. The van der Waals surface area contributed by atoms with Gasteiger partial charge in [0.15, 0.2) is 5.78 Å². The molecule has 1 unspecified atom stereocenters. The van der Waals surface area contributed by atoms with Crippen LogP contribution >= 0.6 is 0 Å². The summed E-state index contributed by atoms with van der Waals surface area (Å²) in [4.78, 5) is 12.3. The molecule has 0 amide bonds. The van der Waals surface area contributed by atoms with Crippen molar-refractivity contribution in [3.8, 4) is 0 Å². The number of ether oxygens (including phenoxy) is 1. The molecule has 0 fully saturated rings. The molecule has 1 aromatic rings. The minimum Gasteiger partial charge on any atom is -0.384 e. The first kappa shape index (κ1) is 13.9. The number of hydrogen-bond donors (Lipinski definition) is 0. The van der Waals surface area contributed by atoms with Crippen molar-refractivity contribution in [2.24, 2.45) is 11.8 Å². The lowest BCUT2D eigenvalue weighted by Crippen LogP contribution is -2.20. The molecule has 2 heteroatoms. The predicted molar refractivity (Wildman–Crippen MR) is 70.2 cm³/mol. The monoisotopic (exact) mass is 234 g/mol. The summed E-state index contributed by atoms with van der Waals surface area (Å²) in [6, 6.07) is 9.48. The number of carbonyl (C=O) groups is 1. The number of ketones is 1. The maximum atomic E-state index is 12.3. The van der Waals surface area contributed by atoms with E-state index in [0.29, 0.717) is 12.5 Å². The third-order valence-corrected chi connectivity index (χ3v) is 2.89. The Kier molecular flexibility index (Phi) is 5.92. The van der Waals surface area contributed by atoms with Gasteiger partial charge in [0.05, 0.1) is 6.61 Å². The van der Waals surface area contributed by atoms with Crippen LogP contribution in [0.1, 0.15) is 37.0 Å². The maximum Gasteiger partial charge on any atom is 0.168 e. The molecule has 2 nitrogen and oxygen atoms in total. The minimum atomic E-state index is -0.00944. The average molecular weight is 234 g/mol. The lowest BCUT2D eigenvalue weighted by atomic mass is 9.91. The highest BCUT2D eigenvalue weighted by Crippen LogP contribution is 2.17. The summed E-state index contributed by atoms with van der Waals surface area (Å²) in [7, 11) is 1.65. The zero-order valence-electron chi connectivity index (χ0n) is 11.0. The topological polar surface area (TPSA) is 26.3 Å². The van der Waals surface area contributed by atoms with Crippen molar-refractivity contribution in [2.75, 3.05) is 13.7 Å². The van der Waals surface area contributed by atoms with Crippen molar-refractivity contribution in [3.63, 3.8) is 0 Å². The van der Waals surface area contributed by atoms with Gasteiger partial charge < -0.3 is 4.74 Å². The Labute approximate surface area is 104 Å². The lowest BCUT2D eigenvalue weighted by Gasteiger charge is -2.16. The van der Waals surface area contributed by atoms with E-state index in [4.69, 9.17) is 4.74 Å². The van der Waals surface area contributed by atoms with Crippen LogP contribution < -0.4 is 0 Å². The highest BCUT2D eigenvalue weighted by atomic mass is 16.5. The Bertz CT molecular complexity index is 330. The molecule has 94 valence electrons. The molecule has 0 aliphatic rings. The Hall–Kier alpha value is -1.15. The molecule has 0 spiro atoms. The molecular formula is C15H22O2. The van der Waals surface area contributed by atoms with Gasteiger partial charge >= 0.3 is 0 Å². The van der Waals surface area contributed by atoms with Gasteiger partial charge in [0.1, 0.15) is 0 Å². The van der Waals surface area contributed by atoms with Crippen LogP contribution in [0.25, 0.3) is 0 Å². The highest BCUT2D eigenvalue weighted by molar-refractivity contribution is 5.97. The minimum absolute atomic E-state index is 0.00944. The maximum absolute atomic E-state index is 12.3. The van der Waals surface area contributed by atoms with E-state index in [0.717, 1.165) is 18.4 Å². The van der Waals surface area contributed by atoms with Gasteiger partial charge in [0.2, 0.25) is 0 Å². The van der Waals surface area contributed by atoms with Crippen LogP contribution in [0.5, 0.6) is 0 Å². The van der Waals surface area contributed by atoms with Crippen LogP contribution in [-0.2, 0) is 4.74 Å². The molecule has 0 N–H and O–H groups in total. The third-order valence-electron chi connectivity index (χ3n) is 2.89. The van der Waals surface area contributed by atoms with E-state index in [-0.39, 0.29) is 11.7 Å². The van der Waals surface area contributed by atoms with Crippen LogP contribution in [0, 0.1) is 11.8 Å². The molecule has 17 heavy (non-hydrogen) atoms. The van der Waals surface area contributed by atoms with Crippen LogP contribution in [0.2, 0.25) is 0 Å². The van der Waals surface area contributed by atoms with E-state index in [1.54, 1.807) is 7.11 Å². The molecule has 0 aromatic heterocycles. The van der Waals surface area contributed by atoms with Gasteiger partial charge in [-0.05, 0) is 12.3 Å². The molecule has 1 atom stereocenters. The summed E-state index contributed by atoms with van der Waals surface area (Å²) < 4.78 is 5.16. The summed E-state index contributed by atoms with van der Waals surface area (Å²) in [5, 5.41) is 0. The summed E-state index contributed by atoms with van der Waals surface area (Å²) >= 11 is 0. The second-order valence-electron chi connectivity index (χ2n) is 4.85. The van der Waals surface area contributed by atoms with Crippen molar-refractivity contribution in [2.45, 2.75) is 26.7 Å². The van der Waals surface area contributed by atoms with Crippen LogP contribution in [0.3, 0.4) is 0 Å². The summed E-state index contributed by atoms with van der Waals surface area (Å²) in [5.74, 6) is 0.816. The summed E-state index contributed by atoms with van der Waals surface area (Å²) in [5.41, 5.74) is 0.790. The standard InChI is InChI=1S/C15H22O2/c1-12(2)9-10-14(11-17-3)15(16)13-7-5-4-6-8-13/h4-8,12,14H,9-11H2,1-3H3. The number of rotatable bonds is 7. The van der Waals surface area contributed by atoms with E-state index >= 15 is 0 Å². The fourth-order valence-corrected chi connectivity index (χ4v) is 1.86. The van der Waals surface area contributed by atoms with Gasteiger partial charge in [-0.25, -0.2) is 0 Å². The molecule has 0 heterocycles. The van der Waals surface area contributed by atoms with Gasteiger partial charge in [-0.15, -0.1) is 0 Å². The average Bonchev–Trinajstić information content (AvgIpc) is 2.34. The number of benzene rings is 1. The van der Waals surface area contributed by atoms with E-state index in [9.17, 15) is 4.79 Å².